The number of hydrogen-bond acceptors (Lipinski definition) is 4. The molecule has 0 aliphatic rings. The molecule has 0 aliphatic carbocycles. The maximum Gasteiger partial charge on any atom is 1.00 e. The molecule has 3 radical (unpaired) electrons. The summed E-state index contributed by atoms with van der Waals surface area (Å²) in [4.78, 5) is 24.3. The van der Waals surface area contributed by atoms with Gasteiger partial charge in [0.05, 0.1) is 7.82 Å². The maximum atomic E-state index is 8.66. The molecule has 0 aliphatic heterocycles. The average molecular weight is 146 g/mol. The van der Waals surface area contributed by atoms with Crippen LogP contribution >= 0.6 is 17.7 Å². The molecule has 0 amide bonds. The molecule has 0 spiro atoms. The van der Waals surface area contributed by atoms with Crippen LogP contribution in [0.25, 0.3) is 0 Å². The first-order chi connectivity index (χ1) is 2.00. The molecule has 0 aromatic rings. The summed E-state index contributed by atoms with van der Waals surface area (Å²) in [6, 6.07) is 0. The Bertz CT molecular complexity index is 62.7. The third kappa shape index (κ3) is 527. The zero-order valence-corrected chi connectivity index (χ0v) is 5.06. The van der Waals surface area contributed by atoms with Crippen molar-refractivity contribution in [3.05, 3.63) is 0 Å². The van der Waals surface area contributed by atoms with Crippen LogP contribution in [0.15, 0.2) is 0 Å². The van der Waals surface area contributed by atoms with E-state index in [2.05, 4.69) is 0 Å². The Morgan fingerprint density at radius 1 is 1.57 bits per heavy atom. The largest absolute Gasteiger partial charge is 1.00 e. The van der Waals surface area contributed by atoms with E-state index >= 15 is 0 Å². The highest BCUT2D eigenvalue weighted by Crippen LogP contribution is 2.11. The molecule has 0 aromatic heterocycles. The summed E-state index contributed by atoms with van der Waals surface area (Å²) < 4.78 is 8.66. The summed E-state index contributed by atoms with van der Waals surface area (Å²) >= 11 is 0. The van der Waals surface area contributed by atoms with E-state index < -0.39 is 7.82 Å². The minimum atomic E-state index is -5.14. The Kier molecular flexibility index (Phi) is 10.4. The van der Waals surface area contributed by atoms with Gasteiger partial charge in [-0.05, 0) is 0 Å². The lowest BCUT2D eigenvalue weighted by molar-refractivity contribution is -0.337. The van der Waals surface area contributed by atoms with Crippen LogP contribution in [0.1, 0.15) is 2.85 Å². The standard InChI is InChI=1S/H3N.H3O4P.P/c;1-5(2,3)4;/h1H3;(H3,1,2,3,4);. The minimum Gasteiger partial charge on any atom is -0.790 e. The van der Waals surface area contributed by atoms with Gasteiger partial charge in [-0.3, -0.25) is 0 Å². The Morgan fingerprint density at radius 3 is 1.57 bits per heavy atom. The topological polar surface area (TPSA) is 118 Å². The molecular weight excluding hydrogens is 140 g/mol. The minimum absolute atomic E-state index is 0. The number of phosphoric acid groups is 1. The third-order valence-electron chi connectivity index (χ3n) is 0. The van der Waals surface area contributed by atoms with E-state index in [9.17, 15) is 0 Å². The molecule has 45 valence electrons. The molecule has 0 saturated heterocycles. The van der Waals surface area contributed by atoms with E-state index in [1.807, 2.05) is 0 Å². The summed E-state index contributed by atoms with van der Waals surface area (Å²) in [7, 11) is -5.14. The van der Waals surface area contributed by atoms with Gasteiger partial charge in [0.15, 0.2) is 0 Å². The Balaban J connectivity index is -0.0000000133. The van der Waals surface area contributed by atoms with Crippen molar-refractivity contribution >= 4 is 17.7 Å². The van der Waals surface area contributed by atoms with Crippen molar-refractivity contribution in [2.75, 3.05) is 0 Å². The van der Waals surface area contributed by atoms with Gasteiger partial charge in [-0.15, -0.1) is 0 Å². The van der Waals surface area contributed by atoms with Crippen LogP contribution in [0, 0.1) is 0 Å². The van der Waals surface area contributed by atoms with E-state index in [0.717, 1.165) is 0 Å². The monoisotopic (exact) mass is 146 g/mol. The van der Waals surface area contributed by atoms with Crippen LogP contribution in [0.2, 0.25) is 0 Å². The summed E-state index contributed by atoms with van der Waals surface area (Å²) in [5.41, 5.74) is 0. The molecule has 0 bridgehead atoms. The summed E-state index contributed by atoms with van der Waals surface area (Å²) in [6.07, 6.45) is 0. The highest BCUT2D eigenvalue weighted by molar-refractivity contribution is 7.42. The van der Waals surface area contributed by atoms with Crippen molar-refractivity contribution in [1.82, 2.24) is 6.15 Å². The second kappa shape index (κ2) is 4.65. The molecule has 7 heavy (non-hydrogen) atoms. The third-order valence-corrected chi connectivity index (χ3v) is 0. The van der Waals surface area contributed by atoms with Gasteiger partial charge in [-0.25, -0.2) is 0 Å². The first kappa shape index (κ1) is 15.6. The number of rotatable bonds is 0. The number of hydrogen-bond donors (Lipinski definition) is 2. The van der Waals surface area contributed by atoms with Crippen LogP contribution in [-0.2, 0) is 4.57 Å². The fraction of sp³-hybridized carbons (Fsp3) is 0. The van der Waals surface area contributed by atoms with Gasteiger partial charge in [-0.2, -0.15) is 0 Å². The fourth-order valence-corrected chi connectivity index (χ4v) is 0. The fourth-order valence-electron chi connectivity index (χ4n) is 0. The van der Waals surface area contributed by atoms with E-state index in [4.69, 9.17) is 19.2 Å². The Morgan fingerprint density at radius 2 is 1.57 bits per heavy atom. The molecule has 0 saturated carbocycles. The highest BCUT2D eigenvalue weighted by atomic mass is 31.2. The highest BCUT2D eigenvalue weighted by Gasteiger charge is 1.64. The van der Waals surface area contributed by atoms with Crippen LogP contribution < -0.4 is 15.9 Å². The van der Waals surface area contributed by atoms with Crippen LogP contribution in [-0.4, -0.2) is 4.89 Å². The molecule has 5 nitrogen and oxygen atoms in total. The van der Waals surface area contributed by atoms with Crippen molar-refractivity contribution in [3.8, 4) is 0 Å². The van der Waals surface area contributed by atoms with E-state index in [1.165, 1.54) is 0 Å². The molecule has 0 rings (SSSR count). The summed E-state index contributed by atoms with van der Waals surface area (Å²) in [6.45, 7) is 0. The zero-order valence-electron chi connectivity index (χ0n) is 5.27. The first-order valence-corrected chi connectivity index (χ1v) is 2.24. The van der Waals surface area contributed by atoms with Gasteiger partial charge in [-0.1, -0.05) is 0 Å². The first-order valence-electron chi connectivity index (χ1n) is 0.748. The molecule has 7 heteroatoms. The van der Waals surface area contributed by atoms with Crippen LogP contribution in [0.5, 0.6) is 0 Å². The molecule has 0 unspecified atom stereocenters. The smallest absolute Gasteiger partial charge is 0.790 e. The van der Waals surface area contributed by atoms with Crippen molar-refractivity contribution in [1.29, 1.82) is 0 Å². The van der Waals surface area contributed by atoms with E-state index in [1.54, 1.807) is 0 Å². The Hall–Kier alpha value is 0.500. The summed E-state index contributed by atoms with van der Waals surface area (Å²) in [5, 5.41) is 0. The molecule has 0 heterocycles. The SMILES string of the molecule is N.O=P([O-])([O-])O.[H+].[H+].[P]. The zero-order chi connectivity index (χ0) is 4.50. The van der Waals surface area contributed by atoms with Crippen molar-refractivity contribution in [2.24, 2.45) is 0 Å². The second-order valence-corrected chi connectivity index (χ2v) is 1.41. The van der Waals surface area contributed by atoms with Crippen molar-refractivity contribution in [2.45, 2.75) is 0 Å². The molecule has 0 atom stereocenters. The van der Waals surface area contributed by atoms with Crippen molar-refractivity contribution < 1.29 is 22.1 Å². The van der Waals surface area contributed by atoms with Gasteiger partial charge >= 0.3 is 2.85 Å². The van der Waals surface area contributed by atoms with Gasteiger partial charge in [0.1, 0.15) is 0 Å². The lowest BCUT2D eigenvalue weighted by Crippen LogP contribution is -2.11. The predicted molar refractivity (Wildman–Crippen MR) is 24.0 cm³/mol. The lowest BCUT2D eigenvalue weighted by atomic mass is 14.0. The average Bonchev–Trinajstić information content (AvgIpc) is 0.722. The van der Waals surface area contributed by atoms with Crippen LogP contribution in [0.3, 0.4) is 0 Å². The maximum absolute atomic E-state index is 8.66. The van der Waals surface area contributed by atoms with Gasteiger partial charge in [0.2, 0.25) is 0 Å². The van der Waals surface area contributed by atoms with E-state index in [-0.39, 0.29) is 18.9 Å². The molecule has 0 fully saturated rings. The normalized spacial score (nSPS) is 8.43. The van der Waals surface area contributed by atoms with Gasteiger partial charge in [0, 0.05) is 9.90 Å². The van der Waals surface area contributed by atoms with Gasteiger partial charge < -0.3 is 25.4 Å². The second-order valence-electron chi connectivity index (χ2n) is 0.469. The van der Waals surface area contributed by atoms with E-state index in [0.29, 0.717) is 0 Å². The molecule has 0 aromatic carbocycles. The molecule has 4 N–H and O–H groups in total. The molecular formula is H6NO4P2. The Labute approximate surface area is 47.2 Å². The van der Waals surface area contributed by atoms with Gasteiger partial charge in [0.25, 0.3) is 0 Å². The van der Waals surface area contributed by atoms with Crippen LogP contribution in [0.4, 0.5) is 0 Å². The lowest BCUT2D eigenvalue weighted by Gasteiger charge is -2.19. The summed E-state index contributed by atoms with van der Waals surface area (Å²) in [5.74, 6) is 0. The quantitative estimate of drug-likeness (QED) is 0.427. The van der Waals surface area contributed by atoms with Crippen molar-refractivity contribution in [3.63, 3.8) is 0 Å². The predicted octanol–water partition coefficient (Wildman–Crippen LogP) is -0.944.